The number of aryl methyl sites for hydroxylation is 1. The molecule has 1 aliphatic heterocycles. The molecule has 1 aliphatic rings. The van der Waals surface area contributed by atoms with Crippen molar-refractivity contribution < 1.29 is 38.0 Å². The molecule has 27 heavy (non-hydrogen) atoms. The fourth-order valence-electron chi connectivity index (χ4n) is 2.93. The quantitative estimate of drug-likeness (QED) is 0.352. The van der Waals surface area contributed by atoms with E-state index in [0.717, 1.165) is 0 Å². The van der Waals surface area contributed by atoms with Gasteiger partial charge in [0.15, 0.2) is 0 Å². The normalized spacial score (nSPS) is 29.6. The third-order valence-corrected chi connectivity index (χ3v) is 4.75. The smallest absolute Gasteiger partial charge is 0.336 e. The van der Waals surface area contributed by atoms with Crippen molar-refractivity contribution in [3.63, 3.8) is 0 Å². The zero-order chi connectivity index (χ0) is 19.7. The van der Waals surface area contributed by atoms with E-state index in [4.69, 9.17) is 13.9 Å². The lowest BCUT2D eigenvalue weighted by Gasteiger charge is -2.42. The first-order chi connectivity index (χ1) is 12.8. The van der Waals surface area contributed by atoms with Crippen LogP contribution >= 0.6 is 0 Å². The summed E-state index contributed by atoms with van der Waals surface area (Å²) in [5.41, 5.74) is 0.428. The Bertz CT molecular complexity index is 901. The monoisotopic (exact) mass is 400 g/mol. The Kier molecular flexibility index (Phi) is 5.91. The number of fused-ring (bicyclic) bond motifs is 1. The van der Waals surface area contributed by atoms with Gasteiger partial charge in [0, 0.05) is 28.8 Å². The molecule has 0 aliphatic carbocycles. The summed E-state index contributed by atoms with van der Waals surface area (Å²) < 4.78 is 40.2. The highest BCUT2D eigenvalue weighted by atomic mass is 32.2. The second kappa shape index (κ2) is 8.02. The Hall–Kier alpha value is -1.86. The molecule has 10 nitrogen and oxygen atoms in total. The summed E-state index contributed by atoms with van der Waals surface area (Å²) in [6, 6.07) is 4.63. The van der Waals surface area contributed by atoms with E-state index in [0.29, 0.717) is 10.9 Å². The molecule has 1 fully saturated rings. The van der Waals surface area contributed by atoms with Crippen molar-refractivity contribution in [2.45, 2.75) is 37.6 Å². The predicted octanol–water partition coefficient (Wildman–Crippen LogP) is -1.33. The van der Waals surface area contributed by atoms with Crippen molar-refractivity contribution in [2.75, 3.05) is 6.61 Å². The van der Waals surface area contributed by atoms with Gasteiger partial charge in [-0.15, -0.1) is 0 Å². The third kappa shape index (κ3) is 4.19. The maximum atomic E-state index is 11.5. The minimum atomic E-state index is -2.77. The highest BCUT2D eigenvalue weighted by Gasteiger charge is 2.45. The van der Waals surface area contributed by atoms with Gasteiger partial charge in [0.2, 0.25) is 6.29 Å². The topological polar surface area (TPSA) is 162 Å². The molecule has 0 radical (unpaired) electrons. The van der Waals surface area contributed by atoms with Crippen molar-refractivity contribution in [1.29, 1.82) is 0 Å². The van der Waals surface area contributed by atoms with Crippen molar-refractivity contribution in [3.05, 3.63) is 40.2 Å². The summed E-state index contributed by atoms with van der Waals surface area (Å²) in [6.45, 7) is 1.13. The van der Waals surface area contributed by atoms with E-state index in [1.165, 1.54) is 12.1 Å². The van der Waals surface area contributed by atoms with Crippen molar-refractivity contribution in [2.24, 2.45) is 0 Å². The average Bonchev–Trinajstić information content (AvgIpc) is 2.60. The Morgan fingerprint density at radius 1 is 1.30 bits per heavy atom. The van der Waals surface area contributed by atoms with Gasteiger partial charge >= 0.3 is 5.63 Å². The molecule has 0 saturated carbocycles. The van der Waals surface area contributed by atoms with Crippen LogP contribution in [0.25, 0.3) is 11.0 Å². The van der Waals surface area contributed by atoms with Gasteiger partial charge in [0.25, 0.3) is 0 Å². The summed E-state index contributed by atoms with van der Waals surface area (Å²) in [5, 5.41) is 30.1. The van der Waals surface area contributed by atoms with Crippen LogP contribution in [-0.2, 0) is 16.0 Å². The SMILES string of the molecule is Cc1cc(=O)oc2cc(O[C@H]3O[C@H](CO)[C@@H](O)[C@H](O)[C@H]3NS(=O)[O-])ccc12. The number of benzene rings is 1. The van der Waals surface area contributed by atoms with Crippen LogP contribution in [0.2, 0.25) is 0 Å². The maximum absolute atomic E-state index is 11.5. The fourth-order valence-corrected chi connectivity index (χ4v) is 3.40. The van der Waals surface area contributed by atoms with Gasteiger partial charge in [0.1, 0.15) is 35.7 Å². The second-order valence-electron chi connectivity index (χ2n) is 6.11. The summed E-state index contributed by atoms with van der Waals surface area (Å²) in [6.07, 6.45) is -5.64. The lowest BCUT2D eigenvalue weighted by atomic mass is 9.98. The van der Waals surface area contributed by atoms with Crippen molar-refractivity contribution in [3.8, 4) is 5.75 Å². The van der Waals surface area contributed by atoms with Gasteiger partial charge in [-0.2, -0.15) is 0 Å². The van der Waals surface area contributed by atoms with E-state index >= 15 is 0 Å². The number of rotatable bonds is 5. The molecule has 2 aromatic rings. The number of aliphatic hydroxyl groups is 3. The van der Waals surface area contributed by atoms with E-state index < -0.39 is 54.1 Å². The van der Waals surface area contributed by atoms with Gasteiger partial charge < -0.3 is 33.8 Å². The molecule has 1 unspecified atom stereocenters. The molecule has 2 heterocycles. The van der Waals surface area contributed by atoms with Crippen LogP contribution in [0.4, 0.5) is 0 Å². The van der Waals surface area contributed by atoms with Crippen LogP contribution < -0.4 is 15.1 Å². The molecule has 11 heteroatoms. The number of aliphatic hydroxyl groups excluding tert-OH is 3. The number of nitrogens with one attached hydrogen (secondary N) is 1. The molecule has 6 atom stereocenters. The number of hydrogen-bond acceptors (Lipinski definition) is 9. The molecular formula is C16H18NO9S-. The van der Waals surface area contributed by atoms with E-state index in [1.54, 1.807) is 19.1 Å². The molecule has 1 saturated heterocycles. The van der Waals surface area contributed by atoms with Crippen molar-refractivity contribution in [1.82, 2.24) is 4.72 Å². The van der Waals surface area contributed by atoms with E-state index in [9.17, 15) is 28.9 Å². The minimum Gasteiger partial charge on any atom is -0.760 e. The Balaban J connectivity index is 1.91. The summed E-state index contributed by atoms with van der Waals surface area (Å²) in [4.78, 5) is 11.5. The van der Waals surface area contributed by atoms with E-state index in [1.807, 2.05) is 4.72 Å². The molecular weight excluding hydrogens is 382 g/mol. The zero-order valence-corrected chi connectivity index (χ0v) is 14.9. The molecule has 3 rings (SSSR count). The van der Waals surface area contributed by atoms with Crippen LogP contribution in [-0.4, -0.2) is 61.3 Å². The highest BCUT2D eigenvalue weighted by Crippen LogP contribution is 2.27. The Labute approximate surface area is 155 Å². The zero-order valence-electron chi connectivity index (χ0n) is 14.1. The lowest BCUT2D eigenvalue weighted by Crippen LogP contribution is -2.64. The van der Waals surface area contributed by atoms with Gasteiger partial charge in [-0.1, -0.05) is 0 Å². The Morgan fingerprint density at radius 2 is 2.04 bits per heavy atom. The van der Waals surface area contributed by atoms with E-state index in [2.05, 4.69) is 0 Å². The summed E-state index contributed by atoms with van der Waals surface area (Å²) in [7, 11) is 0. The van der Waals surface area contributed by atoms with Gasteiger partial charge in [0.05, 0.1) is 6.61 Å². The first kappa shape index (κ1) is 19.9. The fraction of sp³-hybridized carbons (Fsp3) is 0.438. The maximum Gasteiger partial charge on any atom is 0.336 e. The molecule has 4 N–H and O–H groups in total. The molecule has 1 aromatic carbocycles. The summed E-state index contributed by atoms with van der Waals surface area (Å²) >= 11 is -2.77. The predicted molar refractivity (Wildman–Crippen MR) is 91.5 cm³/mol. The van der Waals surface area contributed by atoms with Crippen LogP contribution in [0.15, 0.2) is 33.5 Å². The Morgan fingerprint density at radius 3 is 2.70 bits per heavy atom. The molecule has 1 aromatic heterocycles. The second-order valence-corrected chi connectivity index (χ2v) is 6.81. The largest absolute Gasteiger partial charge is 0.760 e. The molecule has 148 valence electrons. The average molecular weight is 400 g/mol. The van der Waals surface area contributed by atoms with Crippen LogP contribution in [0, 0.1) is 6.92 Å². The molecule has 0 spiro atoms. The number of hydrogen-bond donors (Lipinski definition) is 4. The van der Waals surface area contributed by atoms with Gasteiger partial charge in [-0.3, -0.25) is 4.21 Å². The molecule has 0 bridgehead atoms. The molecule has 0 amide bonds. The van der Waals surface area contributed by atoms with Crippen LogP contribution in [0.5, 0.6) is 5.75 Å². The van der Waals surface area contributed by atoms with Gasteiger partial charge in [-0.25, -0.2) is 9.52 Å². The number of ether oxygens (including phenoxy) is 2. The van der Waals surface area contributed by atoms with Gasteiger partial charge in [-0.05, 0) is 24.6 Å². The van der Waals surface area contributed by atoms with Crippen LogP contribution in [0.3, 0.4) is 0 Å². The summed E-state index contributed by atoms with van der Waals surface area (Å²) in [5.74, 6) is 0.171. The van der Waals surface area contributed by atoms with Crippen LogP contribution in [0.1, 0.15) is 5.56 Å². The van der Waals surface area contributed by atoms with E-state index in [-0.39, 0.29) is 11.3 Å². The minimum absolute atomic E-state index is 0.171. The first-order valence-electron chi connectivity index (χ1n) is 7.99. The first-order valence-corrected chi connectivity index (χ1v) is 9.06. The third-order valence-electron chi connectivity index (χ3n) is 4.29. The standard InChI is InChI=1S/C16H19NO9S/c1-7-4-12(19)25-10-5-8(2-3-9(7)10)24-16-13(17-27(22)23)15(21)14(20)11(6-18)26-16/h2-5,11,13-18,20-21H,6H2,1H3,(H,22,23)/p-1/t11-,13-,14-,15-,16+/m1/s1. The van der Waals surface area contributed by atoms with Crippen molar-refractivity contribution >= 4 is 22.2 Å². The lowest BCUT2D eigenvalue weighted by molar-refractivity contribution is -0.241. The highest BCUT2D eigenvalue weighted by molar-refractivity contribution is 7.77.